The normalized spacial score (nSPS) is 14.9. The molecule has 0 saturated carbocycles. The molecular weight excluding hydrogens is 284 g/mol. The first-order valence-electron chi connectivity index (χ1n) is 7.09. The summed E-state index contributed by atoms with van der Waals surface area (Å²) < 4.78 is 0. The maximum Gasteiger partial charge on any atom is 0.414 e. The van der Waals surface area contributed by atoms with E-state index in [0.717, 1.165) is 13.1 Å². The van der Waals surface area contributed by atoms with Crippen LogP contribution in [0.4, 0.5) is 0 Å². The lowest BCUT2D eigenvalue weighted by atomic mass is 9.88. The molecule has 1 fully saturated rings. The summed E-state index contributed by atoms with van der Waals surface area (Å²) in [5.41, 5.74) is 1.43. The molecule has 3 N–H and O–H groups in total. The van der Waals surface area contributed by atoms with E-state index in [1.807, 2.05) is 6.20 Å². The molecule has 0 radical (unpaired) electrons. The monoisotopic (exact) mass is 302 g/mol. The van der Waals surface area contributed by atoms with Crippen molar-refractivity contribution in [1.82, 2.24) is 10.3 Å². The standard InChI is InChI=1S/C14H16N2.C2H2O4/c1-2-4-13-12(3-1)9-16-10-14(13)11-5-7-15-8-6-11;3-1(4)2(5)6/h1-4,9-11,15H,5-8H2;(H,3,4)(H,5,6). The van der Waals surface area contributed by atoms with E-state index in [0.29, 0.717) is 5.92 Å². The van der Waals surface area contributed by atoms with E-state index in [9.17, 15) is 0 Å². The Labute approximate surface area is 127 Å². The Morgan fingerprint density at radius 3 is 2.32 bits per heavy atom. The van der Waals surface area contributed by atoms with E-state index in [1.165, 1.54) is 29.2 Å². The van der Waals surface area contributed by atoms with Crippen LogP contribution in [0.3, 0.4) is 0 Å². The largest absolute Gasteiger partial charge is 0.473 e. The lowest BCUT2D eigenvalue weighted by molar-refractivity contribution is -0.159. The minimum Gasteiger partial charge on any atom is -0.473 e. The molecule has 0 unspecified atom stereocenters. The van der Waals surface area contributed by atoms with Gasteiger partial charge in [0, 0.05) is 17.8 Å². The number of nitrogens with one attached hydrogen (secondary N) is 1. The number of aliphatic carboxylic acids is 2. The summed E-state index contributed by atoms with van der Waals surface area (Å²) in [6.45, 7) is 2.27. The number of carbonyl (C=O) groups is 2. The van der Waals surface area contributed by atoms with Crippen LogP contribution < -0.4 is 5.32 Å². The Bertz CT molecular complexity index is 649. The average Bonchev–Trinajstić information content (AvgIpc) is 2.55. The second-order valence-electron chi connectivity index (χ2n) is 5.08. The van der Waals surface area contributed by atoms with Gasteiger partial charge in [-0.05, 0) is 42.8 Å². The zero-order chi connectivity index (χ0) is 15.9. The molecule has 1 aromatic carbocycles. The van der Waals surface area contributed by atoms with Gasteiger partial charge in [0.05, 0.1) is 0 Å². The molecule has 1 aliphatic rings. The molecule has 1 aliphatic heterocycles. The number of fused-ring (bicyclic) bond motifs is 1. The van der Waals surface area contributed by atoms with Crippen molar-refractivity contribution in [3.05, 3.63) is 42.2 Å². The van der Waals surface area contributed by atoms with E-state index in [1.54, 1.807) is 0 Å². The molecule has 2 heterocycles. The fraction of sp³-hybridized carbons (Fsp3) is 0.312. The topological polar surface area (TPSA) is 99.5 Å². The predicted octanol–water partition coefficient (Wildman–Crippen LogP) is 1.86. The van der Waals surface area contributed by atoms with Gasteiger partial charge < -0.3 is 15.5 Å². The van der Waals surface area contributed by atoms with E-state index in [4.69, 9.17) is 19.8 Å². The lowest BCUT2D eigenvalue weighted by Gasteiger charge is -2.23. The summed E-state index contributed by atoms with van der Waals surface area (Å²) in [4.78, 5) is 22.6. The van der Waals surface area contributed by atoms with Crippen LogP contribution in [0.2, 0.25) is 0 Å². The predicted molar refractivity (Wildman–Crippen MR) is 81.9 cm³/mol. The number of hydrogen-bond acceptors (Lipinski definition) is 4. The Morgan fingerprint density at radius 2 is 1.68 bits per heavy atom. The van der Waals surface area contributed by atoms with Crippen LogP contribution in [0.1, 0.15) is 24.3 Å². The van der Waals surface area contributed by atoms with Crippen LogP contribution in [0, 0.1) is 0 Å². The third-order valence-corrected chi connectivity index (χ3v) is 3.66. The van der Waals surface area contributed by atoms with Gasteiger partial charge in [0.1, 0.15) is 0 Å². The highest BCUT2D eigenvalue weighted by atomic mass is 16.4. The Balaban J connectivity index is 0.000000254. The molecule has 1 aromatic heterocycles. The summed E-state index contributed by atoms with van der Waals surface area (Å²) in [6, 6.07) is 8.56. The highest BCUT2D eigenvalue weighted by Crippen LogP contribution is 2.30. The van der Waals surface area contributed by atoms with Crippen LogP contribution in [-0.2, 0) is 9.59 Å². The van der Waals surface area contributed by atoms with Crippen LogP contribution >= 0.6 is 0 Å². The third-order valence-electron chi connectivity index (χ3n) is 3.66. The second-order valence-corrected chi connectivity index (χ2v) is 5.08. The van der Waals surface area contributed by atoms with Gasteiger partial charge in [-0.25, -0.2) is 9.59 Å². The first-order chi connectivity index (χ1) is 10.6. The molecular formula is C16H18N2O4. The molecule has 0 spiro atoms. The highest BCUT2D eigenvalue weighted by Gasteiger charge is 2.17. The van der Waals surface area contributed by atoms with Crippen molar-refractivity contribution in [1.29, 1.82) is 0 Å². The van der Waals surface area contributed by atoms with Crippen LogP contribution in [-0.4, -0.2) is 40.2 Å². The smallest absolute Gasteiger partial charge is 0.414 e. The van der Waals surface area contributed by atoms with E-state index in [2.05, 4.69) is 40.8 Å². The van der Waals surface area contributed by atoms with Gasteiger partial charge in [0.15, 0.2) is 0 Å². The zero-order valence-electron chi connectivity index (χ0n) is 12.0. The van der Waals surface area contributed by atoms with Crippen LogP contribution in [0.5, 0.6) is 0 Å². The van der Waals surface area contributed by atoms with Crippen molar-refractivity contribution in [2.45, 2.75) is 18.8 Å². The number of hydrogen-bond donors (Lipinski definition) is 3. The first kappa shape index (κ1) is 15.9. The third kappa shape index (κ3) is 4.02. The molecule has 0 atom stereocenters. The van der Waals surface area contributed by atoms with Crippen molar-refractivity contribution < 1.29 is 19.8 Å². The number of carboxylic acid groups (broad SMARTS) is 2. The van der Waals surface area contributed by atoms with E-state index >= 15 is 0 Å². The molecule has 6 heteroatoms. The fourth-order valence-corrected chi connectivity index (χ4v) is 2.60. The molecule has 2 aromatic rings. The molecule has 0 aliphatic carbocycles. The summed E-state index contributed by atoms with van der Waals surface area (Å²) >= 11 is 0. The first-order valence-corrected chi connectivity index (χ1v) is 7.09. The van der Waals surface area contributed by atoms with Gasteiger partial charge in [-0.2, -0.15) is 0 Å². The van der Waals surface area contributed by atoms with Gasteiger partial charge >= 0.3 is 11.9 Å². The maximum absolute atomic E-state index is 9.10. The quantitative estimate of drug-likeness (QED) is 0.695. The number of benzene rings is 1. The SMILES string of the molecule is O=C(O)C(=O)O.c1ccc2c(C3CCNCC3)cncc2c1. The summed E-state index contributed by atoms with van der Waals surface area (Å²) in [5, 5.41) is 20.8. The molecule has 1 saturated heterocycles. The Morgan fingerprint density at radius 1 is 1.05 bits per heavy atom. The minimum atomic E-state index is -1.82. The van der Waals surface area contributed by atoms with Crippen molar-refractivity contribution in [3.63, 3.8) is 0 Å². The van der Waals surface area contributed by atoms with Crippen LogP contribution in [0.15, 0.2) is 36.7 Å². The number of pyridine rings is 1. The average molecular weight is 302 g/mol. The molecule has 6 nitrogen and oxygen atoms in total. The van der Waals surface area contributed by atoms with Crippen molar-refractivity contribution in [2.24, 2.45) is 0 Å². The summed E-state index contributed by atoms with van der Waals surface area (Å²) in [5.74, 6) is -2.97. The number of piperidine rings is 1. The highest BCUT2D eigenvalue weighted by molar-refractivity contribution is 6.27. The molecule has 22 heavy (non-hydrogen) atoms. The number of rotatable bonds is 1. The van der Waals surface area contributed by atoms with Gasteiger partial charge in [-0.15, -0.1) is 0 Å². The van der Waals surface area contributed by atoms with Crippen molar-refractivity contribution >= 4 is 22.7 Å². The van der Waals surface area contributed by atoms with Gasteiger partial charge in [0.2, 0.25) is 0 Å². The summed E-state index contributed by atoms with van der Waals surface area (Å²) in [7, 11) is 0. The maximum atomic E-state index is 9.10. The van der Waals surface area contributed by atoms with Crippen LogP contribution in [0.25, 0.3) is 10.8 Å². The van der Waals surface area contributed by atoms with E-state index in [-0.39, 0.29) is 0 Å². The van der Waals surface area contributed by atoms with Gasteiger partial charge in [0.25, 0.3) is 0 Å². The Hall–Kier alpha value is -2.47. The molecule has 116 valence electrons. The number of aromatic nitrogens is 1. The lowest BCUT2D eigenvalue weighted by Crippen LogP contribution is -2.26. The van der Waals surface area contributed by atoms with Gasteiger partial charge in [-0.3, -0.25) is 4.98 Å². The molecule has 0 bridgehead atoms. The number of carboxylic acids is 2. The van der Waals surface area contributed by atoms with Gasteiger partial charge in [-0.1, -0.05) is 24.3 Å². The second kappa shape index (κ2) is 7.51. The number of nitrogens with zero attached hydrogens (tertiary/aromatic N) is 1. The van der Waals surface area contributed by atoms with Crippen molar-refractivity contribution in [3.8, 4) is 0 Å². The van der Waals surface area contributed by atoms with E-state index < -0.39 is 11.9 Å². The summed E-state index contributed by atoms with van der Waals surface area (Å²) in [6.07, 6.45) is 6.48. The molecule has 3 rings (SSSR count). The van der Waals surface area contributed by atoms with Crippen molar-refractivity contribution in [2.75, 3.05) is 13.1 Å². The fourth-order valence-electron chi connectivity index (χ4n) is 2.60. The molecule has 0 amide bonds. The minimum absolute atomic E-state index is 0.680. The zero-order valence-corrected chi connectivity index (χ0v) is 12.0. The Kier molecular flexibility index (Phi) is 5.43.